The van der Waals surface area contributed by atoms with Gasteiger partial charge in [0.1, 0.15) is 17.8 Å². The second-order valence-electron chi connectivity index (χ2n) is 14.4. The van der Waals surface area contributed by atoms with Crippen LogP contribution in [-0.2, 0) is 39.8 Å². The molecule has 1 aromatic carbocycles. The predicted molar refractivity (Wildman–Crippen MR) is 158 cm³/mol. The zero-order valence-corrected chi connectivity index (χ0v) is 26.8. The van der Waals surface area contributed by atoms with Gasteiger partial charge in [0.2, 0.25) is 0 Å². The highest BCUT2D eigenvalue weighted by molar-refractivity contribution is 5.67. The molecule has 244 valence electrons. The molecule has 5 aliphatic carbocycles. The first kappa shape index (κ1) is 31.0. The summed E-state index contributed by atoms with van der Waals surface area (Å²) in [7, 11) is 6.81. The minimum atomic E-state index is -1.52. The molecule has 1 heterocycles. The van der Waals surface area contributed by atoms with Crippen LogP contribution in [0.3, 0.4) is 0 Å². The van der Waals surface area contributed by atoms with Gasteiger partial charge in [-0.2, -0.15) is 0 Å². The van der Waals surface area contributed by atoms with Crippen molar-refractivity contribution in [3.8, 4) is 0 Å². The van der Waals surface area contributed by atoms with E-state index in [-0.39, 0.29) is 42.1 Å². The van der Waals surface area contributed by atoms with Crippen molar-refractivity contribution in [2.75, 3.05) is 48.1 Å². The Morgan fingerprint density at radius 3 is 2.41 bits per heavy atom. The Bertz CT molecular complexity index is 1250. The standard InChI is InChI=1S/C34H49NO9/c1-7-35-17-31(18-39-3)14-13-22(40-4)33-21-15-32(38)29(43-16-20-11-9-8-10-12-20)23(21)34(44-19(2)36,28(37)30(32)42-6)24(27(33)35)25(41-5)26(31)33/h8-12,21-30,37-38H,7,13-18H2,1-6H3/t21?,22?,23?,24?,25?,26?,27?,28?,29?,30-,31?,32+,33?,34+/m0/s1. The molecule has 1 aliphatic heterocycles. The van der Waals surface area contributed by atoms with Crippen molar-refractivity contribution in [3.63, 3.8) is 0 Å². The molecule has 0 amide bonds. The molecule has 1 spiro atoms. The third kappa shape index (κ3) is 3.57. The number of piperidine rings is 1. The molecule has 0 radical (unpaired) electrons. The van der Waals surface area contributed by atoms with Crippen LogP contribution < -0.4 is 0 Å². The van der Waals surface area contributed by atoms with E-state index < -0.39 is 52.7 Å². The molecule has 44 heavy (non-hydrogen) atoms. The van der Waals surface area contributed by atoms with Crippen molar-refractivity contribution in [1.82, 2.24) is 4.90 Å². The van der Waals surface area contributed by atoms with Gasteiger partial charge < -0.3 is 38.6 Å². The van der Waals surface area contributed by atoms with Gasteiger partial charge in [0.05, 0.1) is 31.5 Å². The topological polar surface area (TPSA) is 116 Å². The number of fused-ring (bicyclic) bond motifs is 2. The Kier molecular flexibility index (Phi) is 7.54. The van der Waals surface area contributed by atoms with E-state index >= 15 is 0 Å². The van der Waals surface area contributed by atoms with E-state index in [1.807, 2.05) is 30.3 Å². The first-order chi connectivity index (χ1) is 21.2. The summed E-state index contributed by atoms with van der Waals surface area (Å²) >= 11 is 0. The number of benzene rings is 1. The summed E-state index contributed by atoms with van der Waals surface area (Å²) in [6, 6.07) is 9.74. The van der Waals surface area contributed by atoms with Gasteiger partial charge in [0, 0.05) is 76.5 Å². The Morgan fingerprint density at radius 1 is 1.05 bits per heavy atom. The minimum absolute atomic E-state index is 0.00944. The summed E-state index contributed by atoms with van der Waals surface area (Å²) in [5.74, 6) is -1.65. The fourth-order valence-corrected chi connectivity index (χ4v) is 12.4. The van der Waals surface area contributed by atoms with Crippen molar-refractivity contribution in [1.29, 1.82) is 0 Å². The number of methoxy groups -OCH3 is 4. The first-order valence-electron chi connectivity index (χ1n) is 16.2. The van der Waals surface area contributed by atoms with Crippen LogP contribution in [0.5, 0.6) is 0 Å². The summed E-state index contributed by atoms with van der Waals surface area (Å²) in [6.45, 7) is 5.98. The van der Waals surface area contributed by atoms with Crippen LogP contribution in [0.4, 0.5) is 0 Å². The lowest BCUT2D eigenvalue weighted by molar-refractivity contribution is -0.324. The fraction of sp³-hybridized carbons (Fsp3) is 0.794. The quantitative estimate of drug-likeness (QED) is 0.379. The van der Waals surface area contributed by atoms with Crippen LogP contribution in [0.2, 0.25) is 0 Å². The third-order valence-electron chi connectivity index (χ3n) is 13.1. The second kappa shape index (κ2) is 10.7. The van der Waals surface area contributed by atoms with E-state index in [9.17, 15) is 15.0 Å². The lowest BCUT2D eigenvalue weighted by Crippen LogP contribution is -2.80. The maximum atomic E-state index is 13.2. The number of rotatable bonds is 10. The van der Waals surface area contributed by atoms with Gasteiger partial charge in [0.25, 0.3) is 0 Å². The number of ether oxygens (including phenoxy) is 6. The predicted octanol–water partition coefficient (Wildman–Crippen LogP) is 2.04. The van der Waals surface area contributed by atoms with Crippen LogP contribution in [-0.4, -0.2) is 117 Å². The van der Waals surface area contributed by atoms with E-state index in [4.69, 9.17) is 28.4 Å². The van der Waals surface area contributed by atoms with Crippen molar-refractivity contribution < 1.29 is 43.4 Å². The van der Waals surface area contributed by atoms with Crippen LogP contribution in [0.1, 0.15) is 38.7 Å². The van der Waals surface area contributed by atoms with Gasteiger partial charge in [-0.05, 0) is 37.3 Å². The maximum absolute atomic E-state index is 13.2. The monoisotopic (exact) mass is 615 g/mol. The lowest BCUT2D eigenvalue weighted by atomic mass is 9.43. The molecule has 5 saturated carbocycles. The number of nitrogens with zero attached hydrogens (tertiary/aromatic N) is 1. The molecular formula is C34H49NO9. The first-order valence-corrected chi connectivity index (χ1v) is 16.2. The van der Waals surface area contributed by atoms with Gasteiger partial charge in [-0.15, -0.1) is 0 Å². The van der Waals surface area contributed by atoms with Crippen molar-refractivity contribution in [3.05, 3.63) is 35.9 Å². The van der Waals surface area contributed by atoms with Crippen LogP contribution in [0, 0.1) is 34.5 Å². The normalized spacial score (nSPS) is 50.1. The molecule has 10 nitrogen and oxygen atoms in total. The number of esters is 1. The number of likely N-dealkylation sites (tertiary alicyclic amines) is 1. The van der Waals surface area contributed by atoms with E-state index in [1.165, 1.54) is 14.0 Å². The molecule has 7 bridgehead atoms. The molecule has 2 N–H and O–H groups in total. The largest absolute Gasteiger partial charge is 0.455 e. The Morgan fingerprint density at radius 2 is 1.80 bits per heavy atom. The van der Waals surface area contributed by atoms with E-state index in [1.54, 1.807) is 21.3 Å². The molecule has 6 aliphatic rings. The van der Waals surface area contributed by atoms with Gasteiger partial charge >= 0.3 is 5.97 Å². The Balaban J connectivity index is 1.50. The second-order valence-corrected chi connectivity index (χ2v) is 14.4. The number of carbonyl (C=O) groups excluding carboxylic acids is 1. The number of aliphatic hydroxyl groups is 2. The SMILES string of the molecule is CCN1CC2(COC)CCC(OC)C34C5C[C@@]6(O)C(OCc7ccccc7)C5[C@@](OC(C)=O)(C(C(OC)C23)C14)C(O)[C@@H]6OC. The molecule has 0 aromatic heterocycles. The minimum Gasteiger partial charge on any atom is -0.455 e. The van der Waals surface area contributed by atoms with Crippen LogP contribution in [0.25, 0.3) is 0 Å². The summed E-state index contributed by atoms with van der Waals surface area (Å²) in [5, 5.41) is 25.3. The Hall–Kier alpha value is -1.63. The highest BCUT2D eigenvalue weighted by Crippen LogP contribution is 2.80. The van der Waals surface area contributed by atoms with Crippen molar-refractivity contribution in [2.45, 2.75) is 87.5 Å². The molecule has 10 heteroatoms. The third-order valence-corrected chi connectivity index (χ3v) is 13.1. The van der Waals surface area contributed by atoms with Crippen LogP contribution in [0.15, 0.2) is 30.3 Å². The average Bonchev–Trinajstić information content (AvgIpc) is 3.40. The van der Waals surface area contributed by atoms with E-state index in [0.717, 1.165) is 31.5 Å². The van der Waals surface area contributed by atoms with Gasteiger partial charge in [-0.25, -0.2) is 0 Å². The summed E-state index contributed by atoms with van der Waals surface area (Å²) in [4.78, 5) is 15.7. The van der Waals surface area contributed by atoms with Gasteiger partial charge in [-0.1, -0.05) is 37.3 Å². The smallest absolute Gasteiger partial charge is 0.303 e. The van der Waals surface area contributed by atoms with Crippen molar-refractivity contribution in [2.24, 2.45) is 34.5 Å². The highest BCUT2D eigenvalue weighted by atomic mass is 16.6. The number of carbonyl (C=O) groups is 1. The van der Waals surface area contributed by atoms with Gasteiger partial charge in [0.15, 0.2) is 5.60 Å². The van der Waals surface area contributed by atoms with Crippen molar-refractivity contribution >= 4 is 5.97 Å². The number of hydrogen-bond acceptors (Lipinski definition) is 10. The average molecular weight is 616 g/mol. The summed E-state index contributed by atoms with van der Waals surface area (Å²) in [6.07, 6.45) is -1.51. The zero-order chi connectivity index (χ0) is 31.2. The molecule has 11 unspecified atom stereocenters. The summed E-state index contributed by atoms with van der Waals surface area (Å²) in [5.41, 5.74) is -2.69. The number of aliphatic hydroxyl groups excluding tert-OH is 1. The zero-order valence-electron chi connectivity index (χ0n) is 26.8. The van der Waals surface area contributed by atoms with E-state index in [2.05, 4.69) is 11.8 Å². The fourth-order valence-electron chi connectivity index (χ4n) is 12.4. The molecule has 7 rings (SSSR count). The molecule has 1 aromatic rings. The highest BCUT2D eigenvalue weighted by Gasteiger charge is 2.91. The Labute approximate surface area is 260 Å². The van der Waals surface area contributed by atoms with Gasteiger partial charge in [-0.3, -0.25) is 9.69 Å². The van der Waals surface area contributed by atoms with Crippen LogP contribution >= 0.6 is 0 Å². The molecule has 14 atom stereocenters. The molecule has 6 fully saturated rings. The van der Waals surface area contributed by atoms with E-state index in [0.29, 0.717) is 13.0 Å². The maximum Gasteiger partial charge on any atom is 0.303 e. The summed E-state index contributed by atoms with van der Waals surface area (Å²) < 4.78 is 38.4. The molecule has 1 saturated heterocycles. The number of hydrogen-bond donors (Lipinski definition) is 2. The molecular weight excluding hydrogens is 566 g/mol. The lowest BCUT2D eigenvalue weighted by Gasteiger charge is -2.69.